The fourth-order valence-corrected chi connectivity index (χ4v) is 6.03. The van der Waals surface area contributed by atoms with Crippen LogP contribution in [0, 0.1) is 0 Å². The highest BCUT2D eigenvalue weighted by Gasteiger charge is 2.42. The third-order valence-corrected chi connectivity index (χ3v) is 7.63. The molecule has 3 heterocycles. The van der Waals surface area contributed by atoms with Gasteiger partial charge in [-0.2, -0.15) is 0 Å². The van der Waals surface area contributed by atoms with Gasteiger partial charge >= 0.3 is 11.9 Å². The van der Waals surface area contributed by atoms with Gasteiger partial charge in [0.1, 0.15) is 40.6 Å². The minimum absolute atomic E-state index is 0.0136. The fraction of sp³-hybridized carbons (Fsp3) is 0.241. The van der Waals surface area contributed by atoms with Crippen molar-refractivity contribution in [2.45, 2.75) is 38.9 Å². The predicted octanol–water partition coefficient (Wildman–Crippen LogP) is 3.98. The minimum Gasteiger partial charge on any atom is -0.506 e. The van der Waals surface area contributed by atoms with E-state index in [4.69, 9.17) is 18.6 Å². The lowest BCUT2D eigenvalue weighted by Crippen LogP contribution is -2.28. The molecule has 0 spiro atoms. The molecule has 1 aromatic heterocycles. The van der Waals surface area contributed by atoms with Crippen molar-refractivity contribution < 1.29 is 48.0 Å². The van der Waals surface area contributed by atoms with Crippen molar-refractivity contribution in [2.75, 3.05) is 7.11 Å². The Bertz CT molecular complexity index is 1880. The molecule has 7 rings (SSSR count). The van der Waals surface area contributed by atoms with Gasteiger partial charge < -0.3 is 28.8 Å². The second-order valence-electron chi connectivity index (χ2n) is 10.1. The molecule has 0 bridgehead atoms. The summed E-state index contributed by atoms with van der Waals surface area (Å²) in [6.07, 6.45) is -0.215. The molecule has 10 nitrogen and oxygen atoms in total. The van der Waals surface area contributed by atoms with E-state index >= 15 is 0 Å². The van der Waals surface area contributed by atoms with Gasteiger partial charge in [0.05, 0.1) is 29.0 Å². The highest BCUT2D eigenvalue weighted by atomic mass is 16.5. The topological polar surface area (TPSA) is 150 Å². The van der Waals surface area contributed by atoms with Crippen molar-refractivity contribution in [3.8, 4) is 17.2 Å². The van der Waals surface area contributed by atoms with Crippen LogP contribution in [0.2, 0.25) is 0 Å². The van der Waals surface area contributed by atoms with Crippen LogP contribution in [0.1, 0.15) is 77.7 Å². The number of hydrogen-bond acceptors (Lipinski definition) is 10. The number of methoxy groups -OCH3 is 1. The Morgan fingerprint density at radius 1 is 0.769 bits per heavy atom. The number of ether oxygens (including phenoxy) is 3. The van der Waals surface area contributed by atoms with Crippen LogP contribution in [0.25, 0.3) is 21.7 Å². The lowest BCUT2D eigenvalue weighted by Gasteiger charge is -2.25. The van der Waals surface area contributed by atoms with Crippen LogP contribution in [0.15, 0.2) is 22.6 Å². The lowest BCUT2D eigenvalue weighted by molar-refractivity contribution is 0.0286. The average molecular weight is 528 g/mol. The molecule has 3 aliphatic rings. The molecule has 0 saturated heterocycles. The maximum Gasteiger partial charge on any atom is 0.342 e. The number of benzene rings is 3. The molecule has 2 N–H and O–H groups in total. The van der Waals surface area contributed by atoms with Crippen molar-refractivity contribution in [1.29, 1.82) is 0 Å². The van der Waals surface area contributed by atoms with Gasteiger partial charge in [-0.1, -0.05) is 0 Å². The van der Waals surface area contributed by atoms with E-state index in [1.807, 2.05) is 0 Å². The molecule has 0 radical (unpaired) electrons. The maximum absolute atomic E-state index is 13.9. The molecule has 1 aliphatic carbocycles. The second-order valence-corrected chi connectivity index (χ2v) is 10.1. The number of esters is 2. The van der Waals surface area contributed by atoms with Gasteiger partial charge in [-0.05, 0) is 48.6 Å². The SMILES string of the molecule is COc1cc2cc3c(c(O)c2c2oc4c(c12)C(=O)c1c(cc2c(c1O)C(=O)O[C@@H](C)C2)C4=O)C(=O)O[C@@H](C)C3. The van der Waals surface area contributed by atoms with E-state index in [0.717, 1.165) is 0 Å². The first kappa shape index (κ1) is 23.3. The van der Waals surface area contributed by atoms with Crippen molar-refractivity contribution in [1.82, 2.24) is 0 Å². The maximum atomic E-state index is 13.9. The van der Waals surface area contributed by atoms with Crippen LogP contribution >= 0.6 is 0 Å². The monoisotopic (exact) mass is 528 g/mol. The third-order valence-electron chi connectivity index (χ3n) is 7.63. The third kappa shape index (κ3) is 2.91. The van der Waals surface area contributed by atoms with Crippen molar-refractivity contribution in [3.05, 3.63) is 62.9 Å². The quantitative estimate of drug-likeness (QED) is 0.306. The first-order valence-electron chi connectivity index (χ1n) is 12.3. The summed E-state index contributed by atoms with van der Waals surface area (Å²) >= 11 is 0. The molecule has 0 unspecified atom stereocenters. The van der Waals surface area contributed by atoms with E-state index in [0.29, 0.717) is 22.9 Å². The average Bonchev–Trinajstić information content (AvgIpc) is 3.26. The summed E-state index contributed by atoms with van der Waals surface area (Å²) in [6.45, 7) is 3.43. The zero-order valence-corrected chi connectivity index (χ0v) is 21.0. The number of phenols is 2. The van der Waals surface area contributed by atoms with Gasteiger partial charge in [-0.25, -0.2) is 9.59 Å². The lowest BCUT2D eigenvalue weighted by atomic mass is 9.82. The number of hydrogen-bond donors (Lipinski definition) is 2. The van der Waals surface area contributed by atoms with Crippen molar-refractivity contribution >= 4 is 45.2 Å². The Hall–Kier alpha value is -4.86. The van der Waals surface area contributed by atoms with E-state index < -0.39 is 41.1 Å². The van der Waals surface area contributed by atoms with E-state index in [9.17, 15) is 29.4 Å². The summed E-state index contributed by atoms with van der Waals surface area (Å²) in [4.78, 5) is 52.8. The number of furan rings is 1. The number of cyclic esters (lactones) is 2. The minimum atomic E-state index is -0.786. The molecule has 196 valence electrons. The van der Waals surface area contributed by atoms with E-state index in [1.54, 1.807) is 26.0 Å². The number of carbonyl (C=O) groups excluding carboxylic acids is 4. The number of phenolic OH excluding ortho intramolecular Hbond substituents is 2. The molecular formula is C29H20O10. The Labute approximate surface area is 219 Å². The first-order valence-corrected chi connectivity index (χ1v) is 12.3. The molecule has 0 amide bonds. The molecule has 4 aromatic rings. The number of ketones is 2. The largest absolute Gasteiger partial charge is 0.506 e. The van der Waals surface area contributed by atoms with Gasteiger partial charge in [0.15, 0.2) is 11.3 Å². The fourth-order valence-electron chi connectivity index (χ4n) is 6.03. The summed E-state index contributed by atoms with van der Waals surface area (Å²) in [5, 5.41) is 23.0. The second kappa shape index (κ2) is 7.59. The first-order chi connectivity index (χ1) is 18.6. The standard InChI is InChI=1S/C29H20O10/c1-9-4-11-6-13-8-15(36-3)20-21-25(33)19-14(7-12-5-10(2)38-29(35)18(12)24(19)32)22(30)27(21)39-26(20)16(13)23(31)17(11)28(34)37-9/h6-10,31-32H,4-5H2,1-3H3/t9-,10-/m0/s1. The van der Waals surface area contributed by atoms with Crippen LogP contribution in [-0.4, -0.2) is 53.0 Å². The Morgan fingerprint density at radius 3 is 2.03 bits per heavy atom. The van der Waals surface area contributed by atoms with Gasteiger partial charge in [0.2, 0.25) is 11.6 Å². The van der Waals surface area contributed by atoms with Gasteiger partial charge in [-0.3, -0.25) is 9.59 Å². The molecule has 2 atom stereocenters. The number of aromatic hydroxyl groups is 2. The summed E-state index contributed by atoms with van der Waals surface area (Å²) in [6, 6.07) is 4.71. The van der Waals surface area contributed by atoms with Crippen LogP contribution in [0.4, 0.5) is 0 Å². The highest BCUT2D eigenvalue weighted by molar-refractivity contribution is 6.35. The zero-order valence-electron chi connectivity index (χ0n) is 21.0. The molecule has 3 aromatic carbocycles. The zero-order chi connectivity index (χ0) is 27.5. The summed E-state index contributed by atoms with van der Waals surface area (Å²) in [5.41, 5.74) is 0.143. The Kier molecular flexibility index (Phi) is 4.53. The van der Waals surface area contributed by atoms with Crippen LogP contribution in [0.3, 0.4) is 0 Å². The highest BCUT2D eigenvalue weighted by Crippen LogP contribution is 2.49. The Balaban J connectivity index is 1.55. The number of fused-ring (bicyclic) bond motifs is 8. The van der Waals surface area contributed by atoms with Crippen LogP contribution in [-0.2, 0) is 22.3 Å². The molecule has 2 aliphatic heterocycles. The molecule has 0 saturated carbocycles. The Morgan fingerprint density at radius 2 is 1.38 bits per heavy atom. The molecule has 10 heteroatoms. The van der Waals surface area contributed by atoms with Crippen molar-refractivity contribution in [3.63, 3.8) is 0 Å². The molecular weight excluding hydrogens is 508 g/mol. The van der Waals surface area contributed by atoms with Gasteiger partial charge in [-0.15, -0.1) is 0 Å². The van der Waals surface area contributed by atoms with Gasteiger partial charge in [0, 0.05) is 18.4 Å². The smallest absolute Gasteiger partial charge is 0.342 e. The van der Waals surface area contributed by atoms with E-state index in [1.165, 1.54) is 13.2 Å². The van der Waals surface area contributed by atoms with Gasteiger partial charge in [0.25, 0.3) is 0 Å². The summed E-state index contributed by atoms with van der Waals surface area (Å²) in [5.74, 6) is -4.06. The van der Waals surface area contributed by atoms with Crippen LogP contribution < -0.4 is 4.74 Å². The molecule has 0 fully saturated rings. The number of rotatable bonds is 1. The van der Waals surface area contributed by atoms with E-state index in [-0.39, 0.29) is 68.2 Å². The van der Waals surface area contributed by atoms with Crippen molar-refractivity contribution in [2.24, 2.45) is 0 Å². The summed E-state index contributed by atoms with van der Waals surface area (Å²) < 4.78 is 22.1. The number of carbonyl (C=O) groups is 4. The normalized spacial score (nSPS) is 19.8. The summed E-state index contributed by atoms with van der Waals surface area (Å²) in [7, 11) is 1.38. The van der Waals surface area contributed by atoms with Crippen LogP contribution in [0.5, 0.6) is 17.2 Å². The molecule has 39 heavy (non-hydrogen) atoms. The predicted molar refractivity (Wildman–Crippen MR) is 134 cm³/mol. The van der Waals surface area contributed by atoms with E-state index in [2.05, 4.69) is 0 Å².